The minimum Gasteiger partial charge on any atom is -0.450 e. The third-order valence-corrected chi connectivity index (χ3v) is 6.83. The summed E-state index contributed by atoms with van der Waals surface area (Å²) in [7, 11) is -3.14. The molecule has 10 nitrogen and oxygen atoms in total. The van der Waals surface area contributed by atoms with E-state index in [-0.39, 0.29) is 29.1 Å². The van der Waals surface area contributed by atoms with Crippen LogP contribution in [-0.4, -0.2) is 75.0 Å². The molecule has 0 spiro atoms. The Balaban J connectivity index is 1.71. The number of carbonyl (C=O) groups is 2. The van der Waals surface area contributed by atoms with Crippen LogP contribution in [-0.2, 0) is 19.4 Å². The number of carbonyl (C=O) groups excluding carboxylic acids is 2. The molecule has 0 radical (unpaired) electrons. The summed E-state index contributed by atoms with van der Waals surface area (Å²) >= 11 is 0. The molecule has 0 aromatic carbocycles. The van der Waals surface area contributed by atoms with Crippen molar-refractivity contribution in [1.29, 1.82) is 0 Å². The Morgan fingerprint density at radius 1 is 1.34 bits per heavy atom. The maximum Gasteiger partial charge on any atom is 0.378 e. The third kappa shape index (κ3) is 4.55. The first-order valence-electron chi connectivity index (χ1n) is 9.51. The van der Waals surface area contributed by atoms with Crippen molar-refractivity contribution in [2.45, 2.75) is 52.6 Å². The molecule has 0 unspecified atom stereocenters. The summed E-state index contributed by atoms with van der Waals surface area (Å²) in [4.78, 5) is 34.9. The molecule has 2 atom stereocenters. The number of amides is 1. The zero-order valence-corrected chi connectivity index (χ0v) is 17.8. The fraction of sp³-hybridized carbons (Fsp3) is 0.611. The molecule has 11 heteroatoms. The molecule has 1 amide bonds. The van der Waals surface area contributed by atoms with Crippen molar-refractivity contribution in [1.82, 2.24) is 24.5 Å². The van der Waals surface area contributed by atoms with Gasteiger partial charge in [-0.15, -0.1) is 5.10 Å². The lowest BCUT2D eigenvalue weighted by atomic mass is 10.1. The van der Waals surface area contributed by atoms with E-state index in [0.29, 0.717) is 12.8 Å². The van der Waals surface area contributed by atoms with Gasteiger partial charge in [-0.25, -0.2) is 22.7 Å². The van der Waals surface area contributed by atoms with Gasteiger partial charge < -0.3 is 9.64 Å². The number of esters is 1. The molecule has 0 aliphatic carbocycles. The fourth-order valence-corrected chi connectivity index (χ4v) is 5.23. The molecule has 1 aliphatic heterocycles. The van der Waals surface area contributed by atoms with Gasteiger partial charge in [0.15, 0.2) is 16.4 Å². The minimum atomic E-state index is -3.14. The second-order valence-electron chi connectivity index (χ2n) is 7.38. The molecule has 29 heavy (non-hydrogen) atoms. The first-order valence-corrected chi connectivity index (χ1v) is 11.3. The molecule has 1 saturated heterocycles. The van der Waals surface area contributed by atoms with Crippen molar-refractivity contribution in [2.75, 3.05) is 18.1 Å². The summed E-state index contributed by atoms with van der Waals surface area (Å²) in [6.07, 6.45) is 1.05. The van der Waals surface area contributed by atoms with Crippen LogP contribution in [0.25, 0.3) is 5.78 Å². The number of aromatic nitrogens is 4. The fourth-order valence-electron chi connectivity index (χ4n) is 3.52. The summed E-state index contributed by atoms with van der Waals surface area (Å²) < 4.78 is 30.2. The van der Waals surface area contributed by atoms with Crippen molar-refractivity contribution in [3.05, 3.63) is 23.3 Å². The number of sulfone groups is 1. The van der Waals surface area contributed by atoms with Gasteiger partial charge in [0.05, 0.1) is 11.5 Å². The van der Waals surface area contributed by atoms with Gasteiger partial charge in [0.2, 0.25) is 0 Å². The van der Waals surface area contributed by atoms with E-state index < -0.39 is 34.4 Å². The third-order valence-electron chi connectivity index (χ3n) is 5.08. The normalized spacial score (nSPS) is 19.2. The molecule has 0 saturated carbocycles. The van der Waals surface area contributed by atoms with Crippen LogP contribution in [0.3, 0.4) is 0 Å². The second kappa shape index (κ2) is 8.05. The highest BCUT2D eigenvalue weighted by Crippen LogP contribution is 2.21. The molecule has 3 rings (SSSR count). The zero-order valence-electron chi connectivity index (χ0n) is 17.0. The maximum absolute atomic E-state index is 12.7. The Morgan fingerprint density at radius 2 is 2.07 bits per heavy atom. The van der Waals surface area contributed by atoms with Crippen LogP contribution in [0.5, 0.6) is 0 Å². The first-order chi connectivity index (χ1) is 13.6. The van der Waals surface area contributed by atoms with Gasteiger partial charge in [0.1, 0.15) is 0 Å². The molecule has 0 bridgehead atoms. The van der Waals surface area contributed by atoms with Crippen LogP contribution in [0.2, 0.25) is 0 Å². The molecule has 1 fully saturated rings. The lowest BCUT2D eigenvalue weighted by Gasteiger charge is -2.33. The van der Waals surface area contributed by atoms with E-state index in [2.05, 4.69) is 15.1 Å². The average Bonchev–Trinajstić information content (AvgIpc) is 3.23. The van der Waals surface area contributed by atoms with E-state index in [1.807, 2.05) is 27.7 Å². The van der Waals surface area contributed by atoms with Gasteiger partial charge >= 0.3 is 5.97 Å². The number of hydrogen-bond donors (Lipinski definition) is 0. The standard InChI is InChI=1S/C18H25N5O5S/c1-5-12(3)22(14-6-7-29(26,27)10-14)15(24)9-28-17(25)16-20-18-19-11(2)8-13(4)23(18)21-16/h8,12,14H,5-7,9-10H2,1-4H3/t12-,14+/m0/s1. The molecule has 2 aromatic heterocycles. The Bertz CT molecular complexity index is 1050. The van der Waals surface area contributed by atoms with Crippen molar-refractivity contribution in [3.8, 4) is 0 Å². The summed E-state index contributed by atoms with van der Waals surface area (Å²) in [5.41, 5.74) is 1.51. The predicted molar refractivity (Wildman–Crippen MR) is 104 cm³/mol. The Morgan fingerprint density at radius 3 is 2.69 bits per heavy atom. The van der Waals surface area contributed by atoms with E-state index in [9.17, 15) is 18.0 Å². The van der Waals surface area contributed by atoms with Crippen molar-refractivity contribution in [3.63, 3.8) is 0 Å². The topological polar surface area (TPSA) is 124 Å². The summed E-state index contributed by atoms with van der Waals surface area (Å²) in [5.74, 6) is -1.16. The Labute approximate surface area is 169 Å². The zero-order chi connectivity index (χ0) is 21.3. The average molecular weight is 423 g/mol. The van der Waals surface area contributed by atoms with Gasteiger partial charge in [-0.2, -0.15) is 4.98 Å². The number of hydrogen-bond acceptors (Lipinski definition) is 8. The minimum absolute atomic E-state index is 0.0602. The highest BCUT2D eigenvalue weighted by atomic mass is 32.2. The van der Waals surface area contributed by atoms with Crippen LogP contribution >= 0.6 is 0 Å². The highest BCUT2D eigenvalue weighted by molar-refractivity contribution is 7.91. The number of aryl methyl sites for hydroxylation is 2. The van der Waals surface area contributed by atoms with Crippen LogP contribution in [0.4, 0.5) is 0 Å². The number of rotatable bonds is 6. The van der Waals surface area contributed by atoms with Crippen molar-refractivity contribution >= 4 is 27.5 Å². The number of ether oxygens (including phenoxy) is 1. The smallest absolute Gasteiger partial charge is 0.378 e. The van der Waals surface area contributed by atoms with Crippen molar-refractivity contribution < 1.29 is 22.7 Å². The quantitative estimate of drug-likeness (QED) is 0.622. The lowest BCUT2D eigenvalue weighted by Crippen LogP contribution is -2.48. The first kappa shape index (κ1) is 21.2. The molecule has 0 N–H and O–H groups in total. The van der Waals surface area contributed by atoms with Crippen LogP contribution in [0.15, 0.2) is 6.07 Å². The highest BCUT2D eigenvalue weighted by Gasteiger charge is 2.37. The second-order valence-corrected chi connectivity index (χ2v) is 9.61. The predicted octanol–water partition coefficient (Wildman–Crippen LogP) is 0.712. The van der Waals surface area contributed by atoms with E-state index >= 15 is 0 Å². The van der Waals surface area contributed by atoms with Crippen LogP contribution in [0.1, 0.15) is 48.7 Å². The van der Waals surface area contributed by atoms with Gasteiger partial charge in [-0.05, 0) is 39.7 Å². The summed E-state index contributed by atoms with van der Waals surface area (Å²) in [6, 6.07) is 1.24. The molecule has 3 heterocycles. The van der Waals surface area contributed by atoms with E-state index in [4.69, 9.17) is 4.74 Å². The monoisotopic (exact) mass is 423 g/mol. The molecule has 2 aromatic rings. The van der Waals surface area contributed by atoms with Gasteiger partial charge in [0, 0.05) is 23.5 Å². The largest absolute Gasteiger partial charge is 0.450 e. The molecular weight excluding hydrogens is 398 g/mol. The lowest BCUT2D eigenvalue weighted by molar-refractivity contribution is -0.138. The van der Waals surface area contributed by atoms with E-state index in [1.165, 1.54) is 9.42 Å². The van der Waals surface area contributed by atoms with Gasteiger partial charge in [-0.1, -0.05) is 6.92 Å². The Kier molecular flexibility index (Phi) is 5.87. The molecule has 1 aliphatic rings. The SMILES string of the molecule is CC[C@H](C)N(C(=O)COC(=O)c1nc2nc(C)cc(C)n2n1)[C@@H]1CCS(=O)(=O)C1. The van der Waals surface area contributed by atoms with Gasteiger partial charge in [-0.3, -0.25) is 4.79 Å². The van der Waals surface area contributed by atoms with Crippen LogP contribution in [0, 0.1) is 13.8 Å². The molecular formula is C18H25N5O5S. The van der Waals surface area contributed by atoms with E-state index in [1.54, 1.807) is 6.07 Å². The van der Waals surface area contributed by atoms with Crippen LogP contribution < -0.4 is 0 Å². The molecule has 158 valence electrons. The van der Waals surface area contributed by atoms with Gasteiger partial charge in [0.25, 0.3) is 17.5 Å². The number of fused-ring (bicyclic) bond motifs is 1. The number of nitrogens with zero attached hydrogens (tertiary/aromatic N) is 5. The van der Waals surface area contributed by atoms with E-state index in [0.717, 1.165) is 11.4 Å². The summed E-state index contributed by atoms with van der Waals surface area (Å²) in [5, 5.41) is 4.09. The summed E-state index contributed by atoms with van der Waals surface area (Å²) in [6.45, 7) is 6.89. The van der Waals surface area contributed by atoms with Crippen molar-refractivity contribution in [2.24, 2.45) is 0 Å². The maximum atomic E-state index is 12.7. The Hall–Kier alpha value is -2.56.